The van der Waals surface area contributed by atoms with Crippen molar-refractivity contribution in [3.05, 3.63) is 62.9 Å². The van der Waals surface area contributed by atoms with Crippen LogP contribution in [0, 0.1) is 22.6 Å². The molecule has 0 radical (unpaired) electrons. The number of nitriles is 1. The van der Waals surface area contributed by atoms with Crippen LogP contribution in [0.15, 0.2) is 30.3 Å². The average molecular weight is 606 g/mol. The maximum absolute atomic E-state index is 15.3. The van der Waals surface area contributed by atoms with Gasteiger partial charge in [0.25, 0.3) is 5.91 Å². The highest BCUT2D eigenvalue weighted by molar-refractivity contribution is 6.34. The maximum atomic E-state index is 15.3. The lowest BCUT2D eigenvalue weighted by Gasteiger charge is -2.40. The summed E-state index contributed by atoms with van der Waals surface area (Å²) in [4.78, 5) is 27.8. The summed E-state index contributed by atoms with van der Waals surface area (Å²) in [6.07, 6.45) is 0.985. The van der Waals surface area contributed by atoms with Crippen molar-refractivity contribution in [1.29, 1.82) is 5.26 Å². The van der Waals surface area contributed by atoms with Gasteiger partial charge < -0.3 is 14.7 Å². The zero-order valence-corrected chi connectivity index (χ0v) is 24.1. The molecule has 1 N–H and O–H groups in total. The first-order valence-electron chi connectivity index (χ1n) is 13.8. The van der Waals surface area contributed by atoms with Gasteiger partial charge >= 0.3 is 5.97 Å². The summed E-state index contributed by atoms with van der Waals surface area (Å²) in [6.45, 7) is 3.04. The van der Waals surface area contributed by atoms with Gasteiger partial charge in [0, 0.05) is 41.7 Å². The van der Waals surface area contributed by atoms with Crippen LogP contribution >= 0.6 is 23.2 Å². The number of carboxylic acids is 1. The van der Waals surface area contributed by atoms with Crippen molar-refractivity contribution in [3.63, 3.8) is 0 Å². The molecule has 2 aromatic rings. The predicted molar refractivity (Wildman–Crippen MR) is 150 cm³/mol. The third kappa shape index (κ3) is 6.30. The molecular formula is C30H31Cl2F2N3O4. The van der Waals surface area contributed by atoms with Gasteiger partial charge in [0.2, 0.25) is 0 Å². The Bertz CT molecular complexity index is 1370. The molecule has 0 spiro atoms. The van der Waals surface area contributed by atoms with E-state index in [0.29, 0.717) is 41.5 Å². The number of ether oxygens (including phenoxy) is 1. The lowest BCUT2D eigenvalue weighted by molar-refractivity contribution is -0.141. The molecule has 1 amide bonds. The number of rotatable bonds is 8. The molecule has 41 heavy (non-hydrogen) atoms. The van der Waals surface area contributed by atoms with E-state index < -0.39 is 41.9 Å². The number of likely N-dealkylation sites (tertiary alicyclic amines) is 2. The summed E-state index contributed by atoms with van der Waals surface area (Å²) >= 11 is 12.4. The second kappa shape index (κ2) is 11.7. The van der Waals surface area contributed by atoms with Crippen LogP contribution in [0.4, 0.5) is 8.78 Å². The van der Waals surface area contributed by atoms with E-state index in [1.54, 1.807) is 6.07 Å². The van der Waals surface area contributed by atoms with E-state index in [-0.39, 0.29) is 36.3 Å². The number of alkyl halides is 1. The highest BCUT2D eigenvalue weighted by atomic mass is 35.5. The van der Waals surface area contributed by atoms with E-state index in [9.17, 15) is 24.3 Å². The van der Waals surface area contributed by atoms with E-state index in [0.717, 1.165) is 29.4 Å². The first kappa shape index (κ1) is 29.6. The van der Waals surface area contributed by atoms with Crippen molar-refractivity contribution >= 4 is 35.1 Å². The summed E-state index contributed by atoms with van der Waals surface area (Å²) in [5.74, 6) is -2.68. The number of amides is 1. The number of piperidine rings is 1. The quantitative estimate of drug-likeness (QED) is 0.374. The minimum atomic E-state index is -1.48. The fourth-order valence-electron chi connectivity index (χ4n) is 5.84. The average Bonchev–Trinajstić information content (AvgIpc) is 3.71. The molecule has 1 aliphatic carbocycles. The van der Waals surface area contributed by atoms with Gasteiger partial charge in [-0.15, -0.1) is 0 Å². The summed E-state index contributed by atoms with van der Waals surface area (Å²) in [5, 5.41) is 20.7. The number of hydrogen-bond acceptors (Lipinski definition) is 5. The topological polar surface area (TPSA) is 93.9 Å². The summed E-state index contributed by atoms with van der Waals surface area (Å²) in [6, 6.07) is 9.16. The van der Waals surface area contributed by atoms with Gasteiger partial charge in [-0.05, 0) is 73.9 Å². The fraction of sp³-hybridized carbons (Fsp3) is 0.500. The Morgan fingerprint density at radius 2 is 1.83 bits per heavy atom. The lowest BCUT2D eigenvalue weighted by atomic mass is 9.80. The largest absolute Gasteiger partial charge is 0.492 e. The molecule has 7 nitrogen and oxygen atoms in total. The number of hydrogen-bond donors (Lipinski definition) is 1. The van der Waals surface area contributed by atoms with Crippen LogP contribution in [0.1, 0.15) is 72.5 Å². The molecule has 3 aliphatic rings. The molecule has 1 saturated carbocycles. The second-order valence-electron chi connectivity index (χ2n) is 11.4. The molecule has 11 heteroatoms. The highest BCUT2D eigenvalue weighted by Crippen LogP contribution is 2.46. The molecule has 2 aliphatic heterocycles. The molecule has 3 atom stereocenters. The van der Waals surface area contributed by atoms with Crippen LogP contribution in [0.3, 0.4) is 0 Å². The van der Waals surface area contributed by atoms with E-state index in [1.807, 2.05) is 12.1 Å². The van der Waals surface area contributed by atoms with Crippen LogP contribution in [0.5, 0.6) is 5.75 Å². The van der Waals surface area contributed by atoms with Crippen LogP contribution in [-0.4, -0.2) is 65.2 Å². The Morgan fingerprint density at radius 1 is 1.17 bits per heavy atom. The number of benzene rings is 2. The molecule has 218 valence electrons. The van der Waals surface area contributed by atoms with Gasteiger partial charge in [-0.25, -0.2) is 13.6 Å². The van der Waals surface area contributed by atoms with Crippen molar-refractivity contribution in [2.24, 2.45) is 5.41 Å². The van der Waals surface area contributed by atoms with E-state index in [4.69, 9.17) is 27.9 Å². The maximum Gasteiger partial charge on any atom is 0.326 e. The van der Waals surface area contributed by atoms with Crippen LogP contribution < -0.4 is 4.74 Å². The van der Waals surface area contributed by atoms with Gasteiger partial charge in [0.1, 0.15) is 30.4 Å². The van der Waals surface area contributed by atoms with Gasteiger partial charge in [0.15, 0.2) is 0 Å². The number of carbonyl (C=O) groups is 2. The predicted octanol–water partition coefficient (Wildman–Crippen LogP) is 6.39. The van der Waals surface area contributed by atoms with Crippen molar-refractivity contribution in [3.8, 4) is 11.8 Å². The first-order chi connectivity index (χ1) is 19.5. The molecule has 5 rings (SSSR count). The second-order valence-corrected chi connectivity index (χ2v) is 12.3. The Kier molecular flexibility index (Phi) is 8.47. The van der Waals surface area contributed by atoms with Crippen molar-refractivity contribution < 1.29 is 28.2 Å². The zero-order chi connectivity index (χ0) is 29.5. The molecule has 0 bridgehead atoms. The van der Waals surface area contributed by atoms with Crippen molar-refractivity contribution in [2.75, 3.05) is 26.2 Å². The van der Waals surface area contributed by atoms with Crippen LogP contribution in [-0.2, 0) is 4.79 Å². The first-order valence-corrected chi connectivity index (χ1v) is 14.5. The third-order valence-corrected chi connectivity index (χ3v) is 8.99. The van der Waals surface area contributed by atoms with Gasteiger partial charge in [-0.2, -0.15) is 5.26 Å². The Morgan fingerprint density at radius 3 is 2.41 bits per heavy atom. The smallest absolute Gasteiger partial charge is 0.326 e. The minimum Gasteiger partial charge on any atom is -0.492 e. The van der Waals surface area contributed by atoms with Gasteiger partial charge in [-0.3, -0.25) is 9.69 Å². The third-order valence-electron chi connectivity index (χ3n) is 8.55. The number of carboxylic acid groups (broad SMARTS) is 1. The van der Waals surface area contributed by atoms with Crippen molar-refractivity contribution in [2.45, 2.75) is 63.2 Å². The van der Waals surface area contributed by atoms with Crippen molar-refractivity contribution in [1.82, 2.24) is 9.80 Å². The molecule has 0 unspecified atom stereocenters. The van der Waals surface area contributed by atoms with Gasteiger partial charge in [-0.1, -0.05) is 23.2 Å². The normalized spacial score (nSPS) is 23.2. The van der Waals surface area contributed by atoms with Crippen LogP contribution in [0.2, 0.25) is 10.0 Å². The zero-order valence-electron chi connectivity index (χ0n) is 22.6. The van der Waals surface area contributed by atoms with E-state index >= 15 is 4.39 Å². The highest BCUT2D eigenvalue weighted by Gasteiger charge is 2.42. The molecule has 0 aromatic heterocycles. The summed E-state index contributed by atoms with van der Waals surface area (Å²) in [7, 11) is 0. The Labute approximate surface area is 247 Å². The SMILES string of the molecule is C[C@@H](c1cc(Cl)cc(Cl)c1)N1CCC(C#N)(COc2cc(F)c(C(=O)N3C[C@H](F)C[C@H]3C(=O)O)cc2C2CC2)CC1. The molecule has 3 fully saturated rings. The van der Waals surface area contributed by atoms with E-state index in [2.05, 4.69) is 17.9 Å². The molecular weight excluding hydrogens is 575 g/mol. The molecule has 2 heterocycles. The Hall–Kier alpha value is -2.93. The Balaban J connectivity index is 1.29. The number of halogens is 4. The molecule has 2 aromatic carbocycles. The summed E-state index contributed by atoms with van der Waals surface area (Å²) < 4.78 is 35.4. The number of aliphatic carboxylic acids is 1. The minimum absolute atomic E-state index is 0.0495. The standard InChI is InChI=1S/C30H31Cl2F2N3O4/c1-17(19-8-20(31)10-21(32)9-19)36-6-4-30(15-35,5-7-36)16-41-27-13-25(34)24(12-23(27)18-2-3-18)28(38)37-14-22(33)11-26(37)29(39)40/h8-10,12-13,17-18,22,26H,2-7,11,14,16H2,1H3,(H,39,40)/t17-,22+,26-/m0/s1. The van der Waals surface area contributed by atoms with Gasteiger partial charge in [0.05, 0.1) is 23.6 Å². The van der Waals surface area contributed by atoms with Crippen LogP contribution in [0.25, 0.3) is 0 Å². The lowest BCUT2D eigenvalue weighted by Crippen LogP contribution is -2.43. The van der Waals surface area contributed by atoms with E-state index in [1.165, 1.54) is 6.07 Å². The number of carbonyl (C=O) groups excluding carboxylic acids is 1. The summed E-state index contributed by atoms with van der Waals surface area (Å²) in [5.41, 5.74) is 0.578. The number of nitrogens with zero attached hydrogens (tertiary/aromatic N) is 3. The monoisotopic (exact) mass is 605 g/mol. The fourth-order valence-corrected chi connectivity index (χ4v) is 6.39. The molecule has 2 saturated heterocycles.